The number of carbonyl (C=O) groups excluding carboxylic acids is 1. The van der Waals surface area contributed by atoms with Crippen LogP contribution in [0.25, 0.3) is 0 Å². The number of nitrogen functional groups attached to an aromatic ring is 1. The zero-order valence-corrected chi connectivity index (χ0v) is 14.3. The highest BCUT2D eigenvalue weighted by Gasteiger charge is 2.30. The van der Waals surface area contributed by atoms with Crippen molar-refractivity contribution in [2.24, 2.45) is 5.92 Å². The van der Waals surface area contributed by atoms with E-state index in [1.165, 1.54) is 16.4 Å². The number of sulfonamides is 1. The number of rotatable bonds is 3. The quantitative estimate of drug-likeness (QED) is 0.802. The van der Waals surface area contributed by atoms with E-state index in [2.05, 4.69) is 5.32 Å². The van der Waals surface area contributed by atoms with Crippen molar-refractivity contribution in [1.82, 2.24) is 4.31 Å². The number of nitrogens with one attached hydrogen (secondary N) is 1. The lowest BCUT2D eigenvalue weighted by Gasteiger charge is -2.30. The fourth-order valence-corrected chi connectivity index (χ4v) is 3.76. The van der Waals surface area contributed by atoms with Gasteiger partial charge >= 0.3 is 0 Å². The van der Waals surface area contributed by atoms with Crippen LogP contribution in [0.2, 0.25) is 10.0 Å². The van der Waals surface area contributed by atoms with Crippen LogP contribution in [0, 0.1) is 5.92 Å². The number of nitrogens with two attached hydrogens (primary N) is 1. The van der Waals surface area contributed by atoms with Crippen molar-refractivity contribution in [3.63, 3.8) is 0 Å². The number of halogens is 2. The lowest BCUT2D eigenvalue weighted by Crippen LogP contribution is -2.43. The van der Waals surface area contributed by atoms with Gasteiger partial charge in [0.1, 0.15) is 0 Å². The van der Waals surface area contributed by atoms with Crippen molar-refractivity contribution >= 4 is 50.5 Å². The minimum Gasteiger partial charge on any atom is -0.396 e. The number of carbonyl (C=O) groups is 1. The van der Waals surface area contributed by atoms with Crippen molar-refractivity contribution in [1.29, 1.82) is 0 Å². The number of piperidine rings is 1. The standard InChI is InChI=1S/C13H17Cl2N3O3S/c1-22(20,21)18-4-2-3-8(7-18)13(19)17-9-5-10(14)12(16)11(15)6-9/h5-6,8H,2-4,7,16H2,1H3,(H,17,19). The summed E-state index contributed by atoms with van der Waals surface area (Å²) < 4.78 is 24.5. The van der Waals surface area contributed by atoms with Gasteiger partial charge in [0, 0.05) is 18.8 Å². The Morgan fingerprint density at radius 2 is 1.95 bits per heavy atom. The number of amides is 1. The number of benzene rings is 1. The molecule has 1 saturated heterocycles. The summed E-state index contributed by atoms with van der Waals surface area (Å²) in [6.45, 7) is 0.628. The molecule has 0 aliphatic carbocycles. The monoisotopic (exact) mass is 365 g/mol. The van der Waals surface area contributed by atoms with Crippen LogP contribution in [0.4, 0.5) is 11.4 Å². The Hall–Kier alpha value is -1.02. The first-order valence-corrected chi connectivity index (χ1v) is 9.29. The molecule has 1 aliphatic rings. The second-order valence-electron chi connectivity index (χ2n) is 5.30. The Morgan fingerprint density at radius 1 is 1.36 bits per heavy atom. The fraction of sp³-hybridized carbons (Fsp3) is 0.462. The van der Waals surface area contributed by atoms with Crippen LogP contribution in [0.1, 0.15) is 12.8 Å². The van der Waals surface area contributed by atoms with E-state index in [0.717, 1.165) is 6.26 Å². The molecule has 0 aromatic heterocycles. The third kappa shape index (κ3) is 4.04. The number of anilines is 2. The molecular weight excluding hydrogens is 349 g/mol. The molecule has 1 amide bonds. The van der Waals surface area contributed by atoms with E-state index in [0.29, 0.717) is 25.1 Å². The maximum absolute atomic E-state index is 12.3. The molecule has 22 heavy (non-hydrogen) atoms. The number of hydrogen-bond acceptors (Lipinski definition) is 4. The molecule has 1 atom stereocenters. The Labute approximate surface area is 139 Å². The smallest absolute Gasteiger partial charge is 0.228 e. The van der Waals surface area contributed by atoms with Crippen LogP contribution < -0.4 is 11.1 Å². The van der Waals surface area contributed by atoms with Gasteiger partial charge in [0.2, 0.25) is 15.9 Å². The molecule has 9 heteroatoms. The van der Waals surface area contributed by atoms with Gasteiger partial charge in [-0.25, -0.2) is 12.7 Å². The van der Waals surface area contributed by atoms with E-state index in [1.807, 2.05) is 0 Å². The zero-order valence-electron chi connectivity index (χ0n) is 12.0. The lowest BCUT2D eigenvalue weighted by atomic mass is 9.98. The average molecular weight is 366 g/mol. The van der Waals surface area contributed by atoms with Gasteiger partial charge in [-0.2, -0.15) is 0 Å². The third-order valence-electron chi connectivity index (χ3n) is 3.57. The Morgan fingerprint density at radius 3 is 2.50 bits per heavy atom. The highest BCUT2D eigenvalue weighted by molar-refractivity contribution is 7.88. The second-order valence-corrected chi connectivity index (χ2v) is 8.10. The van der Waals surface area contributed by atoms with Gasteiger partial charge in [-0.3, -0.25) is 4.79 Å². The van der Waals surface area contributed by atoms with Crippen molar-refractivity contribution in [3.8, 4) is 0 Å². The van der Waals surface area contributed by atoms with Gasteiger partial charge in [-0.05, 0) is 25.0 Å². The third-order valence-corrected chi connectivity index (χ3v) is 5.47. The molecule has 0 bridgehead atoms. The number of nitrogens with zero attached hydrogens (tertiary/aromatic N) is 1. The van der Waals surface area contributed by atoms with E-state index in [9.17, 15) is 13.2 Å². The predicted molar refractivity (Wildman–Crippen MR) is 88.6 cm³/mol. The molecule has 0 radical (unpaired) electrons. The molecule has 3 N–H and O–H groups in total. The summed E-state index contributed by atoms with van der Waals surface area (Å²) in [5.41, 5.74) is 6.33. The van der Waals surface area contributed by atoms with Crippen LogP contribution in [-0.4, -0.2) is 38.0 Å². The van der Waals surface area contributed by atoms with Gasteiger partial charge in [0.05, 0.1) is 27.9 Å². The summed E-state index contributed by atoms with van der Waals surface area (Å²) in [4.78, 5) is 12.3. The van der Waals surface area contributed by atoms with Crippen LogP contribution in [0.5, 0.6) is 0 Å². The van der Waals surface area contributed by atoms with Crippen LogP contribution in [0.3, 0.4) is 0 Å². The first-order valence-electron chi connectivity index (χ1n) is 6.69. The topological polar surface area (TPSA) is 92.5 Å². The van der Waals surface area contributed by atoms with Gasteiger partial charge in [0.25, 0.3) is 0 Å². The van der Waals surface area contributed by atoms with E-state index in [1.54, 1.807) is 0 Å². The normalized spacial score (nSPS) is 19.9. The maximum Gasteiger partial charge on any atom is 0.228 e. The van der Waals surface area contributed by atoms with Crippen LogP contribution >= 0.6 is 23.2 Å². The van der Waals surface area contributed by atoms with Crippen LogP contribution in [-0.2, 0) is 14.8 Å². The molecule has 0 spiro atoms. The minimum atomic E-state index is -3.29. The molecule has 1 unspecified atom stereocenters. The van der Waals surface area contributed by atoms with Crippen molar-refractivity contribution in [2.45, 2.75) is 12.8 Å². The summed E-state index contributed by atoms with van der Waals surface area (Å²) in [5.74, 6) is -0.663. The number of hydrogen-bond donors (Lipinski definition) is 2. The predicted octanol–water partition coefficient (Wildman–Crippen LogP) is 2.19. The molecule has 1 aromatic rings. The molecule has 0 saturated carbocycles. The summed E-state index contributed by atoms with van der Waals surface area (Å²) in [5, 5.41) is 3.22. The Kier molecular flexibility index (Phi) is 5.21. The fourth-order valence-electron chi connectivity index (χ4n) is 2.36. The van der Waals surface area contributed by atoms with Crippen molar-refractivity contribution in [2.75, 3.05) is 30.4 Å². The SMILES string of the molecule is CS(=O)(=O)N1CCCC(C(=O)Nc2cc(Cl)c(N)c(Cl)c2)C1. The highest BCUT2D eigenvalue weighted by Crippen LogP contribution is 2.31. The van der Waals surface area contributed by atoms with E-state index >= 15 is 0 Å². The second kappa shape index (κ2) is 6.62. The zero-order chi connectivity index (χ0) is 16.5. The first kappa shape index (κ1) is 17.3. The molecule has 1 aliphatic heterocycles. The van der Waals surface area contributed by atoms with Gasteiger partial charge in [-0.15, -0.1) is 0 Å². The summed E-state index contributed by atoms with van der Waals surface area (Å²) in [6, 6.07) is 3.02. The first-order chi connectivity index (χ1) is 10.2. The Balaban J connectivity index is 2.09. The average Bonchev–Trinajstić information content (AvgIpc) is 2.44. The van der Waals surface area contributed by atoms with Gasteiger partial charge in [0.15, 0.2) is 0 Å². The molecule has 1 aromatic carbocycles. The maximum atomic E-state index is 12.3. The van der Waals surface area contributed by atoms with E-state index in [-0.39, 0.29) is 28.2 Å². The molecular formula is C13H17Cl2N3O3S. The molecule has 1 fully saturated rings. The van der Waals surface area contributed by atoms with E-state index < -0.39 is 15.9 Å². The molecule has 2 rings (SSSR count). The van der Waals surface area contributed by atoms with Crippen molar-refractivity contribution < 1.29 is 13.2 Å². The minimum absolute atomic E-state index is 0.182. The summed E-state index contributed by atoms with van der Waals surface area (Å²) >= 11 is 11.8. The van der Waals surface area contributed by atoms with E-state index in [4.69, 9.17) is 28.9 Å². The van der Waals surface area contributed by atoms with Gasteiger partial charge < -0.3 is 11.1 Å². The van der Waals surface area contributed by atoms with Crippen LogP contribution in [0.15, 0.2) is 12.1 Å². The largest absolute Gasteiger partial charge is 0.396 e. The molecule has 6 nitrogen and oxygen atoms in total. The lowest BCUT2D eigenvalue weighted by molar-refractivity contribution is -0.120. The molecule has 122 valence electrons. The van der Waals surface area contributed by atoms with Gasteiger partial charge in [-0.1, -0.05) is 23.2 Å². The summed E-state index contributed by atoms with van der Waals surface area (Å²) in [7, 11) is -3.29. The highest BCUT2D eigenvalue weighted by atomic mass is 35.5. The molecule has 1 heterocycles. The Bertz CT molecular complexity index is 671. The summed E-state index contributed by atoms with van der Waals surface area (Å²) in [6.07, 6.45) is 2.43. The van der Waals surface area contributed by atoms with Crippen molar-refractivity contribution in [3.05, 3.63) is 22.2 Å².